The van der Waals surface area contributed by atoms with Crippen LogP contribution in [0.25, 0.3) is 4.91 Å². The van der Waals surface area contributed by atoms with Crippen LogP contribution >= 0.6 is 11.8 Å². The predicted octanol–water partition coefficient (Wildman–Crippen LogP) is 4.59. The molecule has 1 aromatic carbocycles. The number of allylic oxidation sites excluding steroid dienone is 1. The smallest absolute Gasteiger partial charge is 0.0479 e. The minimum atomic E-state index is 0.311. The Balaban J connectivity index is 2.95. The Morgan fingerprint density at radius 1 is 1.29 bits per heavy atom. The fraction of sp³-hybridized carbons (Fsp3) is 0.333. The molecule has 1 unspecified atom stereocenters. The van der Waals surface area contributed by atoms with E-state index in [1.54, 1.807) is 18.0 Å². The lowest BCUT2D eigenvalue weighted by Crippen LogP contribution is -2.10. The standard InChI is InChI=1S/C15H21NS/c1-6-16-12(4)13-7-9-14(10-8-13)15(17-5)11(2)3/h6-10,12,16H,1H2,2-5H3. The number of hydrogen-bond donors (Lipinski definition) is 1. The monoisotopic (exact) mass is 247 g/mol. The van der Waals surface area contributed by atoms with Crippen molar-refractivity contribution in [2.45, 2.75) is 26.8 Å². The first-order valence-corrected chi connectivity index (χ1v) is 7.01. The average molecular weight is 247 g/mol. The lowest BCUT2D eigenvalue weighted by molar-refractivity contribution is 0.687. The van der Waals surface area contributed by atoms with E-state index in [-0.39, 0.29) is 0 Å². The molecule has 1 atom stereocenters. The van der Waals surface area contributed by atoms with E-state index in [0.717, 1.165) is 0 Å². The second-order valence-corrected chi connectivity index (χ2v) is 5.06. The van der Waals surface area contributed by atoms with Crippen LogP contribution in [0.3, 0.4) is 0 Å². The highest BCUT2D eigenvalue weighted by atomic mass is 32.2. The van der Waals surface area contributed by atoms with Gasteiger partial charge in [0, 0.05) is 10.9 Å². The van der Waals surface area contributed by atoms with Gasteiger partial charge in [-0.05, 0) is 44.4 Å². The van der Waals surface area contributed by atoms with Crippen LogP contribution in [0.2, 0.25) is 0 Å². The van der Waals surface area contributed by atoms with Crippen LogP contribution in [0.5, 0.6) is 0 Å². The van der Waals surface area contributed by atoms with Crippen molar-refractivity contribution >= 4 is 16.7 Å². The average Bonchev–Trinajstić information content (AvgIpc) is 2.30. The molecule has 0 heterocycles. The number of thioether (sulfide) groups is 1. The van der Waals surface area contributed by atoms with Gasteiger partial charge >= 0.3 is 0 Å². The Labute approximate surface area is 109 Å². The number of benzene rings is 1. The van der Waals surface area contributed by atoms with E-state index < -0.39 is 0 Å². The summed E-state index contributed by atoms with van der Waals surface area (Å²) in [6, 6.07) is 9.04. The van der Waals surface area contributed by atoms with E-state index >= 15 is 0 Å². The van der Waals surface area contributed by atoms with Crippen molar-refractivity contribution in [3.8, 4) is 0 Å². The number of rotatable bonds is 5. The second-order valence-electron chi connectivity index (χ2n) is 4.25. The Kier molecular flexibility index (Phi) is 5.36. The van der Waals surface area contributed by atoms with Crippen molar-refractivity contribution in [1.82, 2.24) is 5.32 Å². The molecule has 92 valence electrons. The zero-order valence-corrected chi connectivity index (χ0v) is 11.9. The molecule has 0 spiro atoms. The highest BCUT2D eigenvalue weighted by Gasteiger charge is 2.05. The molecule has 0 amide bonds. The Hall–Kier alpha value is -1.15. The van der Waals surface area contributed by atoms with Gasteiger partial charge in [-0.1, -0.05) is 36.4 Å². The molecule has 17 heavy (non-hydrogen) atoms. The van der Waals surface area contributed by atoms with Crippen LogP contribution in [0.15, 0.2) is 42.6 Å². The minimum Gasteiger partial charge on any atom is -0.385 e. The number of nitrogens with one attached hydrogen (secondary N) is 1. The summed E-state index contributed by atoms with van der Waals surface area (Å²) in [5, 5.41) is 3.19. The number of hydrogen-bond acceptors (Lipinski definition) is 2. The van der Waals surface area contributed by atoms with Crippen LogP contribution in [0.1, 0.15) is 37.9 Å². The topological polar surface area (TPSA) is 12.0 Å². The zero-order valence-electron chi connectivity index (χ0n) is 11.1. The summed E-state index contributed by atoms with van der Waals surface area (Å²) in [5.74, 6) is 0. The SMILES string of the molecule is C=CNC(C)c1ccc(C(SC)=C(C)C)cc1. The molecular formula is C15H21NS. The highest BCUT2D eigenvalue weighted by molar-refractivity contribution is 8.07. The maximum Gasteiger partial charge on any atom is 0.0479 e. The molecule has 0 saturated heterocycles. The summed E-state index contributed by atoms with van der Waals surface area (Å²) in [5.41, 5.74) is 3.94. The zero-order chi connectivity index (χ0) is 12.8. The van der Waals surface area contributed by atoms with Crippen LogP contribution in [0, 0.1) is 0 Å². The van der Waals surface area contributed by atoms with Gasteiger partial charge in [0.25, 0.3) is 0 Å². The van der Waals surface area contributed by atoms with Gasteiger partial charge in [-0.25, -0.2) is 0 Å². The van der Waals surface area contributed by atoms with Crippen LogP contribution in [-0.4, -0.2) is 6.26 Å². The molecular weight excluding hydrogens is 226 g/mol. The van der Waals surface area contributed by atoms with Crippen molar-refractivity contribution in [1.29, 1.82) is 0 Å². The molecule has 2 heteroatoms. The van der Waals surface area contributed by atoms with Crippen molar-refractivity contribution in [2.24, 2.45) is 0 Å². The van der Waals surface area contributed by atoms with Gasteiger partial charge in [0.05, 0.1) is 0 Å². The van der Waals surface area contributed by atoms with Crippen LogP contribution in [-0.2, 0) is 0 Å². The van der Waals surface area contributed by atoms with Crippen molar-refractivity contribution < 1.29 is 0 Å². The van der Waals surface area contributed by atoms with Crippen LogP contribution < -0.4 is 5.32 Å². The van der Waals surface area contributed by atoms with E-state index in [4.69, 9.17) is 0 Å². The third-order valence-corrected chi connectivity index (χ3v) is 3.75. The summed E-state index contributed by atoms with van der Waals surface area (Å²) >= 11 is 1.80. The third-order valence-electron chi connectivity index (χ3n) is 2.70. The molecule has 0 aliphatic rings. The van der Waals surface area contributed by atoms with Gasteiger partial charge in [-0.3, -0.25) is 0 Å². The summed E-state index contributed by atoms with van der Waals surface area (Å²) in [6.07, 6.45) is 3.86. The lowest BCUT2D eigenvalue weighted by atomic mass is 10.0. The van der Waals surface area contributed by atoms with E-state index in [9.17, 15) is 0 Å². The van der Waals surface area contributed by atoms with Gasteiger partial charge in [0.2, 0.25) is 0 Å². The van der Waals surface area contributed by atoms with Crippen molar-refractivity contribution in [3.63, 3.8) is 0 Å². The van der Waals surface area contributed by atoms with Gasteiger partial charge in [-0.15, -0.1) is 11.8 Å². The van der Waals surface area contributed by atoms with Gasteiger partial charge < -0.3 is 5.32 Å². The third kappa shape index (κ3) is 3.67. The molecule has 0 radical (unpaired) electrons. The fourth-order valence-electron chi connectivity index (χ4n) is 1.81. The van der Waals surface area contributed by atoms with E-state index in [1.165, 1.54) is 21.6 Å². The quantitative estimate of drug-likeness (QED) is 0.816. The van der Waals surface area contributed by atoms with Gasteiger partial charge in [-0.2, -0.15) is 0 Å². The fourth-order valence-corrected chi connectivity index (χ4v) is 2.59. The molecule has 0 bridgehead atoms. The Bertz CT molecular complexity index is 399. The maximum absolute atomic E-state index is 3.69. The Morgan fingerprint density at radius 2 is 1.88 bits per heavy atom. The first-order valence-electron chi connectivity index (χ1n) is 5.79. The van der Waals surface area contributed by atoms with Crippen LogP contribution in [0.4, 0.5) is 0 Å². The van der Waals surface area contributed by atoms with E-state index in [1.807, 2.05) is 0 Å². The maximum atomic E-state index is 3.69. The predicted molar refractivity (Wildman–Crippen MR) is 80.0 cm³/mol. The normalized spacial score (nSPS) is 11.8. The van der Waals surface area contributed by atoms with Gasteiger partial charge in [0.15, 0.2) is 0 Å². The molecule has 0 aliphatic heterocycles. The first kappa shape index (κ1) is 13.9. The minimum absolute atomic E-state index is 0.311. The summed E-state index contributed by atoms with van der Waals surface area (Å²) in [6.45, 7) is 10.1. The molecule has 1 aromatic rings. The first-order chi connectivity index (χ1) is 8.10. The summed E-state index contributed by atoms with van der Waals surface area (Å²) in [4.78, 5) is 1.36. The molecule has 1 nitrogen and oxygen atoms in total. The molecule has 1 rings (SSSR count). The molecule has 0 saturated carbocycles. The molecule has 0 aliphatic carbocycles. The van der Waals surface area contributed by atoms with E-state index in [0.29, 0.717) is 6.04 Å². The molecule has 0 fully saturated rings. The molecule has 1 N–H and O–H groups in total. The largest absolute Gasteiger partial charge is 0.385 e. The molecule has 0 aromatic heterocycles. The second kappa shape index (κ2) is 6.55. The van der Waals surface area contributed by atoms with E-state index in [2.05, 4.69) is 63.2 Å². The summed E-state index contributed by atoms with van der Waals surface area (Å²) < 4.78 is 0. The van der Waals surface area contributed by atoms with Crippen molar-refractivity contribution in [3.05, 3.63) is 53.7 Å². The van der Waals surface area contributed by atoms with Crippen molar-refractivity contribution in [2.75, 3.05) is 6.26 Å². The van der Waals surface area contributed by atoms with Gasteiger partial charge in [0.1, 0.15) is 0 Å². The lowest BCUT2D eigenvalue weighted by Gasteiger charge is -2.13. The Morgan fingerprint density at radius 3 is 2.29 bits per heavy atom. The summed E-state index contributed by atoms with van der Waals surface area (Å²) in [7, 11) is 0. The highest BCUT2D eigenvalue weighted by Crippen LogP contribution is 2.29.